The first-order valence-electron chi connectivity index (χ1n) is 6.62. The minimum Gasteiger partial charge on any atom is -0.318 e. The first-order valence-corrected chi connectivity index (χ1v) is 8.51. The van der Waals surface area contributed by atoms with Crippen LogP contribution >= 0.6 is 7.14 Å². The molecule has 0 aromatic heterocycles. The summed E-state index contributed by atoms with van der Waals surface area (Å²) in [6, 6.07) is 20.0. The van der Waals surface area contributed by atoms with Gasteiger partial charge in [-0.15, -0.1) is 0 Å². The summed E-state index contributed by atoms with van der Waals surface area (Å²) >= 11 is 0. The van der Waals surface area contributed by atoms with Crippen molar-refractivity contribution in [3.63, 3.8) is 0 Å². The first-order chi connectivity index (χ1) is 8.93. The van der Waals surface area contributed by atoms with Crippen LogP contribution in [0, 0.1) is 0 Å². The van der Waals surface area contributed by atoms with E-state index in [0.717, 1.165) is 10.9 Å². The standard InChI is InChI=1S/C17H21OP/c1-17(2,3)19(18,16-12-8-5-9-13-16)14-15-10-6-4-7-11-15/h4-13H,14H2,1-3H3. The van der Waals surface area contributed by atoms with E-state index in [1.807, 2.05) is 48.5 Å². The van der Waals surface area contributed by atoms with Crippen molar-refractivity contribution in [2.75, 3.05) is 0 Å². The van der Waals surface area contributed by atoms with Gasteiger partial charge < -0.3 is 4.57 Å². The van der Waals surface area contributed by atoms with Gasteiger partial charge in [0.1, 0.15) is 7.14 Å². The summed E-state index contributed by atoms with van der Waals surface area (Å²) in [5, 5.41) is 0.746. The topological polar surface area (TPSA) is 17.1 Å². The van der Waals surface area contributed by atoms with Crippen LogP contribution < -0.4 is 5.30 Å². The predicted octanol–water partition coefficient (Wildman–Crippen LogP) is 4.67. The van der Waals surface area contributed by atoms with E-state index >= 15 is 0 Å². The minimum atomic E-state index is -2.48. The minimum absolute atomic E-state index is 0.232. The third-order valence-electron chi connectivity index (χ3n) is 3.50. The van der Waals surface area contributed by atoms with Crippen molar-refractivity contribution in [3.05, 3.63) is 66.2 Å². The summed E-state index contributed by atoms with van der Waals surface area (Å²) in [7, 11) is -2.48. The maximum absolute atomic E-state index is 13.6. The van der Waals surface area contributed by atoms with Crippen LogP contribution in [0.25, 0.3) is 0 Å². The molecule has 1 nitrogen and oxygen atoms in total. The normalized spacial score (nSPS) is 14.9. The maximum Gasteiger partial charge on any atom is 0.124 e. The summed E-state index contributed by atoms with van der Waals surface area (Å²) < 4.78 is 13.6. The van der Waals surface area contributed by atoms with E-state index in [4.69, 9.17) is 0 Å². The zero-order valence-corrected chi connectivity index (χ0v) is 12.7. The molecule has 0 radical (unpaired) electrons. The highest BCUT2D eigenvalue weighted by Crippen LogP contribution is 2.58. The molecule has 0 saturated carbocycles. The molecule has 0 heterocycles. The van der Waals surface area contributed by atoms with E-state index in [9.17, 15) is 4.57 Å². The van der Waals surface area contributed by atoms with Gasteiger partial charge in [0.15, 0.2) is 0 Å². The van der Waals surface area contributed by atoms with Crippen LogP contribution in [-0.2, 0) is 10.7 Å². The number of benzene rings is 2. The van der Waals surface area contributed by atoms with E-state index in [0.29, 0.717) is 6.16 Å². The molecular weight excluding hydrogens is 251 g/mol. The monoisotopic (exact) mass is 272 g/mol. The Balaban J connectivity index is 2.46. The summed E-state index contributed by atoms with van der Waals surface area (Å²) in [6.45, 7) is 6.22. The molecule has 0 amide bonds. The van der Waals surface area contributed by atoms with Crippen molar-refractivity contribution in [1.29, 1.82) is 0 Å². The predicted molar refractivity (Wildman–Crippen MR) is 83.6 cm³/mol. The maximum atomic E-state index is 13.6. The zero-order chi connectivity index (χ0) is 13.9. The fourth-order valence-electron chi connectivity index (χ4n) is 2.23. The van der Waals surface area contributed by atoms with Crippen molar-refractivity contribution in [2.45, 2.75) is 32.1 Å². The summed E-state index contributed by atoms with van der Waals surface area (Å²) in [6.07, 6.45) is 0.626. The number of rotatable bonds is 3. The lowest BCUT2D eigenvalue weighted by Gasteiger charge is -2.32. The van der Waals surface area contributed by atoms with E-state index in [-0.39, 0.29) is 5.16 Å². The second kappa shape index (κ2) is 5.35. The van der Waals surface area contributed by atoms with Gasteiger partial charge in [-0.25, -0.2) is 0 Å². The van der Waals surface area contributed by atoms with Crippen LogP contribution in [0.1, 0.15) is 26.3 Å². The van der Waals surface area contributed by atoms with Crippen LogP contribution in [-0.4, -0.2) is 5.16 Å². The summed E-state index contributed by atoms with van der Waals surface area (Å²) in [5.74, 6) is 0. The Morgan fingerprint density at radius 3 is 1.79 bits per heavy atom. The quantitative estimate of drug-likeness (QED) is 0.742. The molecule has 2 aromatic carbocycles. The molecule has 0 saturated heterocycles. The first kappa shape index (κ1) is 14.1. The van der Waals surface area contributed by atoms with Gasteiger partial charge in [-0.1, -0.05) is 81.4 Å². The molecule has 1 atom stereocenters. The lowest BCUT2D eigenvalue weighted by Crippen LogP contribution is -2.24. The third-order valence-corrected chi connectivity index (χ3v) is 7.61. The van der Waals surface area contributed by atoms with E-state index in [1.54, 1.807) is 0 Å². The average Bonchev–Trinajstić information content (AvgIpc) is 2.39. The lowest BCUT2D eigenvalue weighted by atomic mass is 10.2. The SMILES string of the molecule is CC(C)(C)P(=O)(Cc1ccccc1)c1ccccc1. The Labute approximate surface area is 116 Å². The van der Waals surface area contributed by atoms with Gasteiger partial charge in [0, 0.05) is 16.6 Å². The van der Waals surface area contributed by atoms with Gasteiger partial charge in [0.05, 0.1) is 0 Å². The smallest absolute Gasteiger partial charge is 0.124 e. The Kier molecular flexibility index (Phi) is 3.96. The van der Waals surface area contributed by atoms with Crippen molar-refractivity contribution in [3.8, 4) is 0 Å². The number of hydrogen-bond acceptors (Lipinski definition) is 1. The van der Waals surface area contributed by atoms with Gasteiger partial charge in [-0.2, -0.15) is 0 Å². The van der Waals surface area contributed by atoms with Crippen LogP contribution in [0.15, 0.2) is 60.7 Å². The lowest BCUT2D eigenvalue weighted by molar-refractivity contribution is 0.555. The highest BCUT2D eigenvalue weighted by atomic mass is 31.2. The molecular formula is C17H21OP. The van der Waals surface area contributed by atoms with Crippen LogP contribution in [0.2, 0.25) is 0 Å². The van der Waals surface area contributed by atoms with E-state index in [2.05, 4.69) is 32.9 Å². The molecule has 0 fully saturated rings. The molecule has 19 heavy (non-hydrogen) atoms. The molecule has 0 aliphatic carbocycles. The van der Waals surface area contributed by atoms with Gasteiger partial charge in [0.2, 0.25) is 0 Å². The molecule has 0 bridgehead atoms. The highest BCUT2D eigenvalue weighted by molar-refractivity contribution is 7.72. The molecule has 2 aromatic rings. The largest absolute Gasteiger partial charge is 0.318 e. The van der Waals surface area contributed by atoms with Crippen LogP contribution in [0.3, 0.4) is 0 Å². The molecule has 0 aliphatic heterocycles. The Bertz CT molecular complexity index is 567. The molecule has 0 spiro atoms. The second-order valence-electron chi connectivity index (χ2n) is 5.89. The molecule has 2 heteroatoms. The second-order valence-corrected chi connectivity index (χ2v) is 9.54. The van der Waals surface area contributed by atoms with Crippen molar-refractivity contribution in [1.82, 2.24) is 0 Å². The van der Waals surface area contributed by atoms with Gasteiger partial charge in [-0.3, -0.25) is 0 Å². The molecule has 1 unspecified atom stereocenters. The highest BCUT2D eigenvalue weighted by Gasteiger charge is 2.37. The zero-order valence-electron chi connectivity index (χ0n) is 11.8. The molecule has 100 valence electrons. The Morgan fingerprint density at radius 1 is 0.842 bits per heavy atom. The van der Waals surface area contributed by atoms with E-state index < -0.39 is 7.14 Å². The molecule has 0 N–H and O–H groups in total. The number of hydrogen-bond donors (Lipinski definition) is 0. The van der Waals surface area contributed by atoms with E-state index in [1.165, 1.54) is 0 Å². The van der Waals surface area contributed by atoms with Crippen molar-refractivity contribution >= 4 is 12.4 Å². The fourth-order valence-corrected chi connectivity index (χ4v) is 5.04. The van der Waals surface area contributed by atoms with Gasteiger partial charge in [0.25, 0.3) is 0 Å². The Hall–Kier alpha value is -1.33. The molecule has 0 aliphatic rings. The Morgan fingerprint density at radius 2 is 1.32 bits per heavy atom. The summed E-state index contributed by atoms with van der Waals surface area (Å²) in [4.78, 5) is 0. The van der Waals surface area contributed by atoms with Crippen LogP contribution in [0.5, 0.6) is 0 Å². The van der Waals surface area contributed by atoms with Gasteiger partial charge >= 0.3 is 0 Å². The third kappa shape index (κ3) is 2.98. The average molecular weight is 272 g/mol. The molecule has 2 rings (SSSR count). The van der Waals surface area contributed by atoms with Crippen molar-refractivity contribution in [2.24, 2.45) is 0 Å². The van der Waals surface area contributed by atoms with Gasteiger partial charge in [-0.05, 0) is 5.56 Å². The van der Waals surface area contributed by atoms with Crippen molar-refractivity contribution < 1.29 is 4.57 Å². The van der Waals surface area contributed by atoms with Crippen LogP contribution in [0.4, 0.5) is 0 Å². The summed E-state index contributed by atoms with van der Waals surface area (Å²) in [5.41, 5.74) is 1.14. The fraction of sp³-hybridized carbons (Fsp3) is 0.294.